The van der Waals surface area contributed by atoms with Gasteiger partial charge < -0.3 is 10.2 Å². The average molecular weight is 255 g/mol. The molecule has 1 aromatic rings. The summed E-state index contributed by atoms with van der Waals surface area (Å²) in [5, 5.41) is 3.80. The smallest absolute Gasteiger partial charge is 0.236 e. The van der Waals surface area contributed by atoms with Crippen LogP contribution in [0.15, 0.2) is 24.3 Å². The lowest BCUT2D eigenvalue weighted by atomic mass is 10.2. The molecule has 0 atom stereocenters. The first-order valence-electron chi connectivity index (χ1n) is 5.71. The highest BCUT2D eigenvalue weighted by Gasteiger charge is 2.10. The Hall–Kier alpha value is -1.06. The van der Waals surface area contributed by atoms with Crippen LogP contribution in [0.1, 0.15) is 19.4 Å². The number of carbonyl (C=O) groups is 1. The van der Waals surface area contributed by atoms with Crippen LogP contribution in [0.4, 0.5) is 0 Å². The van der Waals surface area contributed by atoms with Gasteiger partial charge >= 0.3 is 0 Å². The first-order chi connectivity index (χ1) is 8.00. The molecular formula is C13H19ClN2O. The molecule has 1 amide bonds. The van der Waals surface area contributed by atoms with E-state index in [2.05, 4.69) is 5.32 Å². The Morgan fingerprint density at radius 1 is 1.41 bits per heavy atom. The number of halogens is 1. The highest BCUT2D eigenvalue weighted by Crippen LogP contribution is 2.16. The van der Waals surface area contributed by atoms with Gasteiger partial charge in [-0.15, -0.1) is 0 Å². The van der Waals surface area contributed by atoms with Crippen LogP contribution in [0, 0.1) is 0 Å². The summed E-state index contributed by atoms with van der Waals surface area (Å²) in [5.74, 6) is 0.0682. The zero-order valence-corrected chi connectivity index (χ0v) is 11.3. The lowest BCUT2D eigenvalue weighted by Crippen LogP contribution is -2.37. The summed E-state index contributed by atoms with van der Waals surface area (Å²) >= 11 is 6.05. The number of likely N-dealkylation sites (N-methyl/N-ethyl adjacent to an activating group) is 1. The molecule has 0 spiro atoms. The first-order valence-corrected chi connectivity index (χ1v) is 6.09. The SMILES string of the molecule is CC(C)NCC(=O)N(C)Cc1ccccc1Cl. The average Bonchev–Trinajstić information content (AvgIpc) is 2.28. The monoisotopic (exact) mass is 254 g/mol. The van der Waals surface area contributed by atoms with Gasteiger partial charge in [0.1, 0.15) is 0 Å². The van der Waals surface area contributed by atoms with Gasteiger partial charge in [-0.05, 0) is 11.6 Å². The maximum absolute atomic E-state index is 11.8. The van der Waals surface area contributed by atoms with E-state index in [1.54, 1.807) is 11.9 Å². The van der Waals surface area contributed by atoms with Crippen molar-refractivity contribution in [1.82, 2.24) is 10.2 Å². The van der Waals surface area contributed by atoms with Crippen LogP contribution in [-0.4, -0.2) is 30.4 Å². The van der Waals surface area contributed by atoms with Gasteiger partial charge in [0.2, 0.25) is 5.91 Å². The van der Waals surface area contributed by atoms with Gasteiger partial charge in [0.05, 0.1) is 6.54 Å². The van der Waals surface area contributed by atoms with Crippen molar-refractivity contribution in [2.45, 2.75) is 26.4 Å². The summed E-state index contributed by atoms with van der Waals surface area (Å²) in [5.41, 5.74) is 0.967. The van der Waals surface area contributed by atoms with E-state index in [-0.39, 0.29) is 5.91 Å². The fraction of sp³-hybridized carbons (Fsp3) is 0.462. The van der Waals surface area contributed by atoms with Crippen LogP contribution >= 0.6 is 11.6 Å². The fourth-order valence-electron chi connectivity index (χ4n) is 1.40. The van der Waals surface area contributed by atoms with E-state index in [9.17, 15) is 4.79 Å². The van der Waals surface area contributed by atoms with Crippen LogP contribution < -0.4 is 5.32 Å². The van der Waals surface area contributed by atoms with Crippen LogP contribution in [-0.2, 0) is 11.3 Å². The van der Waals surface area contributed by atoms with Crippen LogP contribution in [0.3, 0.4) is 0 Å². The van der Waals surface area contributed by atoms with Gasteiger partial charge in [-0.25, -0.2) is 0 Å². The minimum absolute atomic E-state index is 0.0682. The van der Waals surface area contributed by atoms with Crippen molar-refractivity contribution in [3.63, 3.8) is 0 Å². The van der Waals surface area contributed by atoms with Crippen molar-refractivity contribution >= 4 is 17.5 Å². The second-order valence-electron chi connectivity index (χ2n) is 4.38. The molecule has 0 heterocycles. The van der Waals surface area contributed by atoms with Crippen LogP contribution in [0.2, 0.25) is 5.02 Å². The summed E-state index contributed by atoms with van der Waals surface area (Å²) in [4.78, 5) is 13.5. The minimum atomic E-state index is 0.0682. The number of benzene rings is 1. The number of rotatable bonds is 5. The molecule has 0 aliphatic carbocycles. The molecule has 94 valence electrons. The minimum Gasteiger partial charge on any atom is -0.340 e. The van der Waals surface area contributed by atoms with E-state index in [1.807, 2.05) is 38.1 Å². The lowest BCUT2D eigenvalue weighted by Gasteiger charge is -2.19. The molecule has 3 nitrogen and oxygen atoms in total. The summed E-state index contributed by atoms with van der Waals surface area (Å²) in [6, 6.07) is 7.89. The largest absolute Gasteiger partial charge is 0.340 e. The number of hydrogen-bond donors (Lipinski definition) is 1. The number of nitrogens with one attached hydrogen (secondary N) is 1. The number of amides is 1. The Kier molecular flexibility index (Phi) is 5.45. The standard InChI is InChI=1S/C13H19ClN2O/c1-10(2)15-8-13(17)16(3)9-11-6-4-5-7-12(11)14/h4-7,10,15H,8-9H2,1-3H3. The highest BCUT2D eigenvalue weighted by atomic mass is 35.5. The quantitative estimate of drug-likeness (QED) is 0.875. The van der Waals surface area contributed by atoms with Crippen molar-refractivity contribution in [1.29, 1.82) is 0 Å². The topological polar surface area (TPSA) is 32.3 Å². The normalized spacial score (nSPS) is 10.6. The second-order valence-corrected chi connectivity index (χ2v) is 4.78. The molecule has 0 aliphatic heterocycles. The number of carbonyl (C=O) groups excluding carboxylic acids is 1. The maximum atomic E-state index is 11.8. The molecule has 1 rings (SSSR count). The van der Waals surface area contributed by atoms with Gasteiger partial charge in [-0.1, -0.05) is 43.6 Å². The van der Waals surface area contributed by atoms with E-state index in [0.717, 1.165) is 5.56 Å². The van der Waals surface area contributed by atoms with Crippen molar-refractivity contribution in [2.75, 3.05) is 13.6 Å². The van der Waals surface area contributed by atoms with E-state index in [1.165, 1.54) is 0 Å². The Morgan fingerprint density at radius 3 is 2.65 bits per heavy atom. The summed E-state index contributed by atoms with van der Waals surface area (Å²) in [6.45, 7) is 4.93. The molecule has 4 heteroatoms. The number of hydrogen-bond acceptors (Lipinski definition) is 2. The van der Waals surface area contributed by atoms with Gasteiger partial charge in [0.25, 0.3) is 0 Å². The zero-order valence-electron chi connectivity index (χ0n) is 10.5. The molecule has 1 N–H and O–H groups in total. The van der Waals surface area contributed by atoms with Crippen LogP contribution in [0.25, 0.3) is 0 Å². The van der Waals surface area contributed by atoms with Crippen molar-refractivity contribution in [2.24, 2.45) is 0 Å². The van der Waals surface area contributed by atoms with E-state index < -0.39 is 0 Å². The summed E-state index contributed by atoms with van der Waals surface area (Å²) < 4.78 is 0. The Balaban J connectivity index is 2.51. The van der Waals surface area contributed by atoms with Gasteiger partial charge in [-0.2, -0.15) is 0 Å². The molecule has 0 saturated carbocycles. The maximum Gasteiger partial charge on any atom is 0.236 e. The second kappa shape index (κ2) is 6.62. The third kappa shape index (κ3) is 4.75. The van der Waals surface area contributed by atoms with Gasteiger partial charge in [0.15, 0.2) is 0 Å². The van der Waals surface area contributed by atoms with E-state index in [0.29, 0.717) is 24.2 Å². The molecule has 0 aromatic heterocycles. The lowest BCUT2D eigenvalue weighted by molar-refractivity contribution is -0.129. The molecule has 1 aromatic carbocycles. The molecule has 0 fully saturated rings. The Morgan fingerprint density at radius 2 is 2.06 bits per heavy atom. The predicted molar refractivity (Wildman–Crippen MR) is 71.1 cm³/mol. The fourth-order valence-corrected chi connectivity index (χ4v) is 1.59. The molecule has 0 unspecified atom stereocenters. The van der Waals surface area contributed by atoms with Gasteiger partial charge in [-0.3, -0.25) is 4.79 Å². The van der Waals surface area contributed by atoms with Crippen molar-refractivity contribution in [3.05, 3.63) is 34.9 Å². The van der Waals surface area contributed by atoms with E-state index >= 15 is 0 Å². The van der Waals surface area contributed by atoms with Crippen molar-refractivity contribution in [3.8, 4) is 0 Å². The third-order valence-corrected chi connectivity index (χ3v) is 2.82. The molecule has 0 radical (unpaired) electrons. The Bertz CT molecular complexity index is 379. The molecule has 0 aliphatic rings. The molecular weight excluding hydrogens is 236 g/mol. The van der Waals surface area contributed by atoms with Crippen molar-refractivity contribution < 1.29 is 4.79 Å². The summed E-state index contributed by atoms with van der Waals surface area (Å²) in [6.07, 6.45) is 0. The molecule has 0 saturated heterocycles. The number of nitrogens with zero attached hydrogens (tertiary/aromatic N) is 1. The predicted octanol–water partition coefficient (Wildman–Crippen LogP) is 2.30. The summed E-state index contributed by atoms with van der Waals surface area (Å²) in [7, 11) is 1.79. The van der Waals surface area contributed by atoms with Gasteiger partial charge in [0, 0.05) is 24.7 Å². The Labute approximate surface area is 108 Å². The molecule has 17 heavy (non-hydrogen) atoms. The molecule has 0 bridgehead atoms. The van der Waals surface area contributed by atoms with E-state index in [4.69, 9.17) is 11.6 Å². The first kappa shape index (κ1) is 14.0. The van der Waals surface area contributed by atoms with Crippen LogP contribution in [0.5, 0.6) is 0 Å². The highest BCUT2D eigenvalue weighted by molar-refractivity contribution is 6.31. The third-order valence-electron chi connectivity index (χ3n) is 2.45. The zero-order chi connectivity index (χ0) is 12.8.